The van der Waals surface area contributed by atoms with Crippen molar-refractivity contribution in [2.75, 3.05) is 39.6 Å². The van der Waals surface area contributed by atoms with Crippen molar-refractivity contribution in [3.8, 4) is 0 Å². The Hall–Kier alpha value is -1.79. The van der Waals surface area contributed by atoms with Crippen molar-refractivity contribution in [2.24, 2.45) is 5.73 Å². The van der Waals surface area contributed by atoms with Gasteiger partial charge in [0.05, 0.1) is 39.1 Å². The lowest BCUT2D eigenvalue weighted by molar-refractivity contribution is -0.302. The van der Waals surface area contributed by atoms with Gasteiger partial charge in [0.1, 0.15) is 0 Å². The molecule has 11 nitrogen and oxygen atoms in total. The summed E-state index contributed by atoms with van der Waals surface area (Å²) in [6, 6.07) is 0. The van der Waals surface area contributed by atoms with Crippen LogP contribution in [0.5, 0.6) is 0 Å². The van der Waals surface area contributed by atoms with E-state index in [2.05, 4.69) is 0 Å². The fourth-order valence-corrected chi connectivity index (χ4v) is 2.73. The van der Waals surface area contributed by atoms with Crippen LogP contribution in [-0.4, -0.2) is 88.2 Å². The summed E-state index contributed by atoms with van der Waals surface area (Å²) >= 11 is 0. The quantitative estimate of drug-likeness (QED) is 0.248. The molecule has 1 aliphatic heterocycles. The lowest BCUT2D eigenvalue weighted by atomic mass is 9.99. The van der Waals surface area contributed by atoms with Gasteiger partial charge in [0.25, 0.3) is 0 Å². The molecule has 0 radical (unpaired) electrons. The molecule has 1 aliphatic rings. The maximum absolute atomic E-state index is 11.6. The van der Waals surface area contributed by atoms with E-state index < -0.39 is 48.6 Å². The number of rotatable bonds is 12. The number of hydrogen-bond acceptors (Lipinski definition) is 11. The zero-order valence-electron chi connectivity index (χ0n) is 17.3. The zero-order chi connectivity index (χ0) is 21.8. The van der Waals surface area contributed by atoms with E-state index in [1.54, 1.807) is 6.92 Å². The monoisotopic (exact) mass is 421 g/mol. The third kappa shape index (κ3) is 9.50. The van der Waals surface area contributed by atoms with Gasteiger partial charge in [-0.1, -0.05) is 0 Å². The maximum atomic E-state index is 11.6. The first kappa shape index (κ1) is 25.2. The number of ether oxygens (including phenoxy) is 7. The molecule has 0 aromatic rings. The third-order valence-electron chi connectivity index (χ3n) is 3.78. The molecule has 29 heavy (non-hydrogen) atoms. The number of nitrogens with two attached hydrogens (primary N) is 1. The van der Waals surface area contributed by atoms with Crippen LogP contribution in [0.1, 0.15) is 27.7 Å². The summed E-state index contributed by atoms with van der Waals surface area (Å²) in [6.45, 7) is 7.28. The van der Waals surface area contributed by atoms with Gasteiger partial charge in [0, 0.05) is 27.3 Å². The van der Waals surface area contributed by atoms with Crippen molar-refractivity contribution in [1.82, 2.24) is 0 Å². The van der Waals surface area contributed by atoms with E-state index in [0.717, 1.165) is 0 Å². The van der Waals surface area contributed by atoms with E-state index in [0.29, 0.717) is 26.4 Å². The second-order valence-corrected chi connectivity index (χ2v) is 6.32. The molecule has 5 unspecified atom stereocenters. The van der Waals surface area contributed by atoms with Crippen LogP contribution in [0.2, 0.25) is 0 Å². The Kier molecular flexibility index (Phi) is 11.7. The van der Waals surface area contributed by atoms with Gasteiger partial charge in [-0.25, -0.2) is 0 Å². The minimum atomic E-state index is -1.12. The van der Waals surface area contributed by atoms with Crippen LogP contribution in [0.4, 0.5) is 0 Å². The van der Waals surface area contributed by atoms with Crippen LogP contribution in [0.25, 0.3) is 0 Å². The summed E-state index contributed by atoms with van der Waals surface area (Å²) in [5.41, 5.74) is 5.32. The number of carbonyl (C=O) groups excluding carboxylic acids is 3. The Labute approximate surface area is 170 Å². The number of esters is 3. The van der Waals surface area contributed by atoms with Crippen LogP contribution in [-0.2, 0) is 47.5 Å². The Balaban J connectivity index is 2.72. The van der Waals surface area contributed by atoms with Crippen molar-refractivity contribution in [3.63, 3.8) is 0 Å². The van der Waals surface area contributed by atoms with Gasteiger partial charge in [0.15, 0.2) is 24.6 Å². The molecule has 0 amide bonds. The third-order valence-corrected chi connectivity index (χ3v) is 3.78. The average Bonchev–Trinajstić information content (AvgIpc) is 2.62. The van der Waals surface area contributed by atoms with Gasteiger partial charge >= 0.3 is 17.9 Å². The summed E-state index contributed by atoms with van der Waals surface area (Å²) in [5.74, 6) is -1.85. The van der Waals surface area contributed by atoms with Crippen molar-refractivity contribution in [3.05, 3.63) is 0 Å². The van der Waals surface area contributed by atoms with E-state index in [1.807, 2.05) is 0 Å². The molecule has 0 aromatic heterocycles. The predicted molar refractivity (Wildman–Crippen MR) is 97.6 cm³/mol. The summed E-state index contributed by atoms with van der Waals surface area (Å²) in [4.78, 5) is 34.6. The fourth-order valence-electron chi connectivity index (χ4n) is 2.73. The molecule has 168 valence electrons. The summed E-state index contributed by atoms with van der Waals surface area (Å²) in [7, 11) is 0. The van der Waals surface area contributed by atoms with Crippen molar-refractivity contribution in [1.29, 1.82) is 0 Å². The van der Waals surface area contributed by atoms with Crippen molar-refractivity contribution in [2.45, 2.75) is 58.4 Å². The van der Waals surface area contributed by atoms with E-state index >= 15 is 0 Å². The van der Waals surface area contributed by atoms with Gasteiger partial charge in [-0.3, -0.25) is 14.4 Å². The summed E-state index contributed by atoms with van der Waals surface area (Å²) in [6.07, 6.45) is -4.88. The van der Waals surface area contributed by atoms with Crippen LogP contribution in [0, 0.1) is 0 Å². The van der Waals surface area contributed by atoms with E-state index in [1.165, 1.54) is 20.8 Å². The van der Waals surface area contributed by atoms with Gasteiger partial charge in [-0.15, -0.1) is 0 Å². The molecule has 0 bridgehead atoms. The predicted octanol–water partition coefficient (Wildman–Crippen LogP) is -0.465. The minimum absolute atomic E-state index is 0.122. The maximum Gasteiger partial charge on any atom is 0.303 e. The van der Waals surface area contributed by atoms with E-state index in [9.17, 15) is 14.4 Å². The standard InChI is InChI=1S/C18H31NO10/c1-11-15(27-12(2)20)16(28-13(3)21)17(29-14(4)22)18(26-11)25-10-9-24-8-7-23-6-5-19/h11,15-18H,5-10,19H2,1-4H3. The number of carbonyl (C=O) groups is 3. The van der Waals surface area contributed by atoms with Crippen molar-refractivity contribution < 1.29 is 47.5 Å². The lowest BCUT2D eigenvalue weighted by Crippen LogP contribution is -2.61. The Morgan fingerprint density at radius 3 is 1.79 bits per heavy atom. The van der Waals surface area contributed by atoms with Gasteiger partial charge in [0.2, 0.25) is 0 Å². The largest absolute Gasteiger partial charge is 0.456 e. The first-order valence-corrected chi connectivity index (χ1v) is 9.40. The molecule has 0 spiro atoms. The molecule has 5 atom stereocenters. The highest BCUT2D eigenvalue weighted by molar-refractivity contribution is 5.68. The smallest absolute Gasteiger partial charge is 0.303 e. The Morgan fingerprint density at radius 1 is 0.759 bits per heavy atom. The van der Waals surface area contributed by atoms with Gasteiger partial charge < -0.3 is 38.9 Å². The summed E-state index contributed by atoms with van der Waals surface area (Å²) < 4.78 is 37.7. The molecular weight excluding hydrogens is 390 g/mol. The number of hydrogen-bond donors (Lipinski definition) is 1. The van der Waals surface area contributed by atoms with Crippen LogP contribution >= 0.6 is 0 Å². The first-order chi connectivity index (χ1) is 13.8. The van der Waals surface area contributed by atoms with Gasteiger partial charge in [-0.2, -0.15) is 0 Å². The molecule has 1 rings (SSSR count). The molecule has 1 heterocycles. The van der Waals surface area contributed by atoms with E-state index in [4.69, 9.17) is 38.9 Å². The topological polar surface area (TPSA) is 142 Å². The van der Waals surface area contributed by atoms with Gasteiger partial charge in [-0.05, 0) is 6.92 Å². The van der Waals surface area contributed by atoms with Crippen LogP contribution < -0.4 is 5.73 Å². The minimum Gasteiger partial charge on any atom is -0.456 e. The molecule has 1 fully saturated rings. The molecule has 1 saturated heterocycles. The fraction of sp³-hybridized carbons (Fsp3) is 0.833. The normalized spacial score (nSPS) is 26.6. The SMILES string of the molecule is CC(=O)OC1C(C)OC(OCCOCCOCCN)C(OC(C)=O)C1OC(C)=O. The summed E-state index contributed by atoms with van der Waals surface area (Å²) in [5, 5.41) is 0. The average molecular weight is 421 g/mol. The molecule has 0 aliphatic carbocycles. The molecular formula is C18H31NO10. The van der Waals surface area contributed by atoms with E-state index in [-0.39, 0.29) is 13.2 Å². The Morgan fingerprint density at radius 2 is 1.24 bits per heavy atom. The Bertz CT molecular complexity index is 529. The molecule has 2 N–H and O–H groups in total. The van der Waals surface area contributed by atoms with Crippen LogP contribution in [0.3, 0.4) is 0 Å². The highest BCUT2D eigenvalue weighted by Gasteiger charge is 2.50. The lowest BCUT2D eigenvalue weighted by Gasteiger charge is -2.43. The zero-order valence-corrected chi connectivity index (χ0v) is 17.3. The molecule has 0 aromatic carbocycles. The van der Waals surface area contributed by atoms with Crippen LogP contribution in [0.15, 0.2) is 0 Å². The second kappa shape index (κ2) is 13.4. The highest BCUT2D eigenvalue weighted by Crippen LogP contribution is 2.29. The molecule has 11 heteroatoms. The second-order valence-electron chi connectivity index (χ2n) is 6.32. The van der Waals surface area contributed by atoms with Crippen molar-refractivity contribution >= 4 is 17.9 Å². The molecule has 0 saturated carbocycles. The first-order valence-electron chi connectivity index (χ1n) is 9.40. The highest BCUT2D eigenvalue weighted by atomic mass is 16.7.